The lowest BCUT2D eigenvalue weighted by molar-refractivity contribution is 0.634. The Hall–Kier alpha value is -2.99. The number of para-hydroxylation sites is 1. The number of fused-ring (bicyclic) bond motifs is 6. The van der Waals surface area contributed by atoms with Gasteiger partial charge in [0.2, 0.25) is 0 Å². The standard InChI is InChI=1S/C28H18N2S3/c1-28(2)21-11-5-9-16-19-10-6-12-29-26(19)30(23(16)21)27-22(28)14-15(33-27)13-20-24(31)17-7-3-4-8-18(17)25(20)32/h3-14H,1-2H3. The Morgan fingerprint density at radius 3 is 2.36 bits per heavy atom. The molecule has 5 aromatic rings. The third-order valence-electron chi connectivity index (χ3n) is 7.02. The quantitative estimate of drug-likeness (QED) is 0.184. The topological polar surface area (TPSA) is 17.8 Å². The van der Waals surface area contributed by atoms with Gasteiger partial charge in [0.25, 0.3) is 0 Å². The summed E-state index contributed by atoms with van der Waals surface area (Å²) in [7, 11) is 0. The van der Waals surface area contributed by atoms with Crippen molar-refractivity contribution in [3.8, 4) is 5.00 Å². The van der Waals surface area contributed by atoms with E-state index in [1.807, 2.05) is 24.4 Å². The smallest absolute Gasteiger partial charge is 0.146 e. The summed E-state index contributed by atoms with van der Waals surface area (Å²) in [6.07, 6.45) is 4.07. The molecule has 0 unspecified atom stereocenters. The van der Waals surface area contributed by atoms with Crippen molar-refractivity contribution in [2.24, 2.45) is 0 Å². The number of nitrogens with zero attached hydrogens (tertiary/aromatic N) is 2. The lowest BCUT2D eigenvalue weighted by atomic mass is 9.76. The molecule has 0 amide bonds. The van der Waals surface area contributed by atoms with E-state index in [9.17, 15) is 0 Å². The molecule has 2 aromatic carbocycles. The number of aromatic nitrogens is 2. The van der Waals surface area contributed by atoms with Crippen molar-refractivity contribution < 1.29 is 0 Å². The van der Waals surface area contributed by atoms with E-state index >= 15 is 0 Å². The average molecular weight is 479 g/mol. The molecular formula is C28H18N2S3. The fraction of sp³-hybridized carbons (Fsp3) is 0.107. The Morgan fingerprint density at radius 1 is 0.879 bits per heavy atom. The minimum absolute atomic E-state index is 0.119. The number of allylic oxidation sites excluding steroid dienone is 1. The predicted octanol–water partition coefficient (Wildman–Crippen LogP) is 7.41. The van der Waals surface area contributed by atoms with Crippen LogP contribution < -0.4 is 0 Å². The van der Waals surface area contributed by atoms with E-state index in [-0.39, 0.29) is 5.41 Å². The number of benzene rings is 2. The highest BCUT2D eigenvalue weighted by Crippen LogP contribution is 2.50. The molecule has 0 radical (unpaired) electrons. The summed E-state index contributed by atoms with van der Waals surface area (Å²) in [5, 5.41) is 3.69. The first-order valence-corrected chi connectivity index (χ1v) is 12.5. The van der Waals surface area contributed by atoms with E-state index in [0.717, 1.165) is 32.1 Å². The maximum atomic E-state index is 5.82. The van der Waals surface area contributed by atoms with Gasteiger partial charge in [0.1, 0.15) is 10.6 Å². The summed E-state index contributed by atoms with van der Waals surface area (Å²) in [4.78, 5) is 7.65. The van der Waals surface area contributed by atoms with E-state index in [0.29, 0.717) is 0 Å². The Kier molecular flexibility index (Phi) is 3.86. The number of pyridine rings is 1. The van der Waals surface area contributed by atoms with Crippen molar-refractivity contribution in [3.63, 3.8) is 0 Å². The second kappa shape index (κ2) is 6.54. The molecule has 7 rings (SSSR count). The Balaban J connectivity index is 1.49. The van der Waals surface area contributed by atoms with Crippen molar-refractivity contribution in [1.29, 1.82) is 0 Å². The molecule has 0 atom stereocenters. The van der Waals surface area contributed by atoms with Crippen LogP contribution in [0.15, 0.2) is 72.4 Å². The highest BCUT2D eigenvalue weighted by Gasteiger charge is 2.37. The fourth-order valence-electron chi connectivity index (χ4n) is 5.37. The van der Waals surface area contributed by atoms with Crippen molar-refractivity contribution >= 4 is 73.5 Å². The van der Waals surface area contributed by atoms with Gasteiger partial charge in [0.15, 0.2) is 0 Å². The van der Waals surface area contributed by atoms with E-state index in [2.05, 4.69) is 67.0 Å². The van der Waals surface area contributed by atoms with Crippen LogP contribution in [-0.2, 0) is 5.41 Å². The summed E-state index contributed by atoms with van der Waals surface area (Å²) < 4.78 is 2.35. The van der Waals surface area contributed by atoms with Crippen LogP contribution in [0.1, 0.15) is 41.0 Å². The monoisotopic (exact) mass is 478 g/mol. The SMILES string of the molecule is CC1(C)c2cc(C=C3C(=S)c4ccccc4C3=S)sc2-n2c3ncccc3c3cccc1c32. The molecule has 0 spiro atoms. The Morgan fingerprint density at radius 2 is 1.61 bits per heavy atom. The van der Waals surface area contributed by atoms with Gasteiger partial charge in [-0.15, -0.1) is 11.3 Å². The summed E-state index contributed by atoms with van der Waals surface area (Å²) in [5.74, 6) is 0. The fourth-order valence-corrected chi connectivity index (χ4v) is 7.38. The lowest BCUT2D eigenvalue weighted by Crippen LogP contribution is -2.24. The molecule has 3 aromatic heterocycles. The molecule has 0 saturated heterocycles. The van der Waals surface area contributed by atoms with Gasteiger partial charge in [-0.3, -0.25) is 4.57 Å². The third kappa shape index (κ3) is 2.45. The van der Waals surface area contributed by atoms with Gasteiger partial charge in [-0.2, -0.15) is 0 Å². The highest BCUT2D eigenvalue weighted by atomic mass is 32.1. The second-order valence-electron chi connectivity index (χ2n) is 9.17. The maximum absolute atomic E-state index is 5.82. The number of hydrogen-bond donors (Lipinski definition) is 0. The molecule has 2 aliphatic rings. The summed E-state index contributed by atoms with van der Waals surface area (Å²) in [5.41, 5.74) is 7.93. The van der Waals surface area contributed by atoms with Crippen LogP contribution >= 0.6 is 35.8 Å². The number of thiophene rings is 1. The van der Waals surface area contributed by atoms with Gasteiger partial charge < -0.3 is 0 Å². The van der Waals surface area contributed by atoms with Crippen LogP contribution in [0.3, 0.4) is 0 Å². The summed E-state index contributed by atoms with van der Waals surface area (Å²) in [6.45, 7) is 4.64. The molecule has 0 fully saturated rings. The first-order valence-electron chi connectivity index (χ1n) is 10.9. The average Bonchev–Trinajstić information content (AvgIpc) is 3.47. The number of hydrogen-bond acceptors (Lipinski definition) is 4. The van der Waals surface area contributed by atoms with Gasteiger partial charge in [0, 0.05) is 44.0 Å². The molecular weight excluding hydrogens is 461 g/mol. The Bertz CT molecular complexity index is 1690. The molecule has 4 heterocycles. The van der Waals surface area contributed by atoms with Crippen LogP contribution in [0.25, 0.3) is 33.0 Å². The molecule has 1 aliphatic heterocycles. The number of thiocarbonyl (C=S) groups is 2. The zero-order chi connectivity index (χ0) is 22.5. The van der Waals surface area contributed by atoms with Gasteiger partial charge >= 0.3 is 0 Å². The first-order chi connectivity index (χ1) is 16.0. The minimum atomic E-state index is -0.119. The molecule has 0 saturated carbocycles. The largest absolute Gasteiger partial charge is 0.284 e. The Labute approximate surface area is 206 Å². The molecule has 5 heteroatoms. The van der Waals surface area contributed by atoms with E-state index in [1.54, 1.807) is 11.3 Å². The molecule has 33 heavy (non-hydrogen) atoms. The lowest BCUT2D eigenvalue weighted by Gasteiger charge is -2.32. The zero-order valence-corrected chi connectivity index (χ0v) is 20.5. The van der Waals surface area contributed by atoms with Crippen LogP contribution in [0, 0.1) is 0 Å². The van der Waals surface area contributed by atoms with Gasteiger partial charge in [-0.05, 0) is 35.4 Å². The third-order valence-corrected chi connectivity index (χ3v) is 8.97. The van der Waals surface area contributed by atoms with E-state index in [1.165, 1.54) is 37.3 Å². The normalized spacial score (nSPS) is 15.9. The maximum Gasteiger partial charge on any atom is 0.146 e. The second-order valence-corrected chi connectivity index (χ2v) is 11.0. The van der Waals surface area contributed by atoms with Crippen LogP contribution in [0.4, 0.5) is 0 Å². The van der Waals surface area contributed by atoms with Gasteiger partial charge in [-0.25, -0.2) is 4.98 Å². The van der Waals surface area contributed by atoms with Crippen LogP contribution in [0.5, 0.6) is 0 Å². The highest BCUT2D eigenvalue weighted by molar-refractivity contribution is 7.84. The zero-order valence-electron chi connectivity index (χ0n) is 18.0. The summed E-state index contributed by atoms with van der Waals surface area (Å²) >= 11 is 13.4. The molecule has 1 aliphatic carbocycles. The van der Waals surface area contributed by atoms with Crippen molar-refractivity contribution in [2.75, 3.05) is 0 Å². The van der Waals surface area contributed by atoms with Gasteiger partial charge in [0.05, 0.1) is 15.2 Å². The summed E-state index contributed by atoms with van der Waals surface area (Å²) in [6, 6.07) is 21.3. The first kappa shape index (κ1) is 19.5. The molecule has 2 nitrogen and oxygen atoms in total. The van der Waals surface area contributed by atoms with Crippen molar-refractivity contribution in [3.05, 3.63) is 99.6 Å². The molecule has 0 bridgehead atoms. The van der Waals surface area contributed by atoms with Gasteiger partial charge in [-0.1, -0.05) is 80.7 Å². The van der Waals surface area contributed by atoms with E-state index < -0.39 is 0 Å². The molecule has 0 N–H and O–H groups in total. The molecule has 158 valence electrons. The number of rotatable bonds is 1. The van der Waals surface area contributed by atoms with E-state index in [4.69, 9.17) is 29.4 Å². The van der Waals surface area contributed by atoms with Crippen molar-refractivity contribution in [2.45, 2.75) is 19.3 Å². The van der Waals surface area contributed by atoms with Crippen LogP contribution in [-0.4, -0.2) is 19.3 Å². The van der Waals surface area contributed by atoms with Crippen molar-refractivity contribution in [1.82, 2.24) is 9.55 Å². The predicted molar refractivity (Wildman–Crippen MR) is 146 cm³/mol. The minimum Gasteiger partial charge on any atom is -0.284 e. The van der Waals surface area contributed by atoms with Crippen LogP contribution in [0.2, 0.25) is 0 Å².